The summed E-state index contributed by atoms with van der Waals surface area (Å²) in [6.45, 7) is 1.85. The highest BCUT2D eigenvalue weighted by Gasteiger charge is 2.21. The van der Waals surface area contributed by atoms with Gasteiger partial charge in [-0.1, -0.05) is 24.6 Å². The second-order valence-corrected chi connectivity index (χ2v) is 5.58. The molecule has 0 saturated carbocycles. The molecule has 0 aliphatic carbocycles. The van der Waals surface area contributed by atoms with Crippen LogP contribution in [0.1, 0.15) is 28.7 Å². The van der Waals surface area contributed by atoms with E-state index in [1.54, 1.807) is 0 Å². The first-order valence-corrected chi connectivity index (χ1v) is 7.53. The Balaban J connectivity index is 1.96. The predicted molar refractivity (Wildman–Crippen MR) is 84.4 cm³/mol. The number of para-hydroxylation sites is 2. The minimum Gasteiger partial charge on any atom is -0.872 e. The number of imidazole rings is 1. The van der Waals surface area contributed by atoms with Crippen molar-refractivity contribution in [2.75, 3.05) is 0 Å². The molecule has 0 fully saturated rings. The molecule has 3 rings (SSSR count). The highest BCUT2D eigenvalue weighted by atomic mass is 16.3. The molecular formula is C18H18N2O3. The number of aromatic hydroxyl groups is 1. The minimum absolute atomic E-state index is 0.125. The number of fused-ring (bicyclic) bond motifs is 1. The Bertz CT molecular complexity index is 897. The Morgan fingerprint density at radius 3 is 2.74 bits per heavy atom. The molecule has 0 radical (unpaired) electrons. The van der Waals surface area contributed by atoms with Crippen molar-refractivity contribution in [2.24, 2.45) is 7.05 Å². The molecule has 23 heavy (non-hydrogen) atoms. The van der Waals surface area contributed by atoms with Gasteiger partial charge in [-0.3, -0.25) is 4.79 Å². The summed E-state index contributed by atoms with van der Waals surface area (Å²) < 4.78 is 1.92. The zero-order chi connectivity index (χ0) is 16.6. The maximum Gasteiger partial charge on any atom is 0.262 e. The van der Waals surface area contributed by atoms with Crippen molar-refractivity contribution in [2.45, 2.75) is 19.8 Å². The zero-order valence-corrected chi connectivity index (χ0v) is 13.1. The maximum atomic E-state index is 12.5. The molecule has 0 aliphatic heterocycles. The van der Waals surface area contributed by atoms with E-state index in [0.717, 1.165) is 22.9 Å². The van der Waals surface area contributed by atoms with E-state index in [4.69, 9.17) is 0 Å². The number of Topliss-reactive ketones (excluding diaryl/α,β-unsaturated/α-hetero) is 1. The summed E-state index contributed by atoms with van der Waals surface area (Å²) in [7, 11) is 1.89. The molecular weight excluding hydrogens is 292 g/mol. The molecule has 5 nitrogen and oxygen atoms in total. The van der Waals surface area contributed by atoms with E-state index in [0.29, 0.717) is 12.0 Å². The molecule has 3 aromatic rings. The van der Waals surface area contributed by atoms with Gasteiger partial charge in [-0.25, -0.2) is 9.55 Å². The fourth-order valence-electron chi connectivity index (χ4n) is 2.78. The van der Waals surface area contributed by atoms with Gasteiger partial charge in [-0.2, -0.15) is 0 Å². The van der Waals surface area contributed by atoms with Crippen molar-refractivity contribution >= 4 is 16.8 Å². The number of carbonyl (C=O) groups excluding carboxylic acids is 1. The van der Waals surface area contributed by atoms with Gasteiger partial charge in [0, 0.05) is 0 Å². The van der Waals surface area contributed by atoms with E-state index in [1.165, 1.54) is 6.07 Å². The summed E-state index contributed by atoms with van der Waals surface area (Å²) in [5.74, 6) is 0.0351. The Kier molecular flexibility index (Phi) is 3.78. The zero-order valence-electron chi connectivity index (χ0n) is 13.1. The Morgan fingerprint density at radius 1 is 1.30 bits per heavy atom. The predicted octanol–water partition coefficient (Wildman–Crippen LogP) is 1.76. The second kappa shape index (κ2) is 5.76. The summed E-state index contributed by atoms with van der Waals surface area (Å²) in [4.78, 5) is 15.8. The molecule has 5 heteroatoms. The first-order chi connectivity index (χ1) is 11.0. The Labute approximate surface area is 133 Å². The van der Waals surface area contributed by atoms with Crippen molar-refractivity contribution in [1.29, 1.82) is 0 Å². The van der Waals surface area contributed by atoms with Gasteiger partial charge in [0.05, 0.1) is 12.6 Å². The molecule has 0 unspecified atom stereocenters. The number of H-pyrrole nitrogens is 1. The highest BCUT2D eigenvalue weighted by Crippen LogP contribution is 2.27. The topological polar surface area (TPSA) is 80.0 Å². The smallest absolute Gasteiger partial charge is 0.262 e. The van der Waals surface area contributed by atoms with Gasteiger partial charge in [0.1, 0.15) is 12.2 Å². The van der Waals surface area contributed by atoms with Crippen LogP contribution in [0.3, 0.4) is 0 Å². The number of phenols is 1. The third-order valence-electron chi connectivity index (χ3n) is 4.14. The monoisotopic (exact) mass is 310 g/mol. The number of benzene rings is 2. The van der Waals surface area contributed by atoms with E-state index in [1.807, 2.05) is 42.8 Å². The van der Waals surface area contributed by atoms with E-state index in [9.17, 15) is 15.0 Å². The third-order valence-corrected chi connectivity index (χ3v) is 4.14. The number of nitrogens with one attached hydrogen (secondary N) is 1. The van der Waals surface area contributed by atoms with Crippen LogP contribution in [-0.2, 0) is 19.9 Å². The summed E-state index contributed by atoms with van der Waals surface area (Å²) in [5, 5.41) is 21.6. The van der Waals surface area contributed by atoms with E-state index >= 15 is 0 Å². The summed E-state index contributed by atoms with van der Waals surface area (Å²) in [5.41, 5.74) is 2.68. The number of ketones is 1. The molecule has 1 aromatic heterocycles. The Morgan fingerprint density at radius 2 is 2.04 bits per heavy atom. The van der Waals surface area contributed by atoms with Crippen LogP contribution in [0.25, 0.3) is 11.0 Å². The number of phenolic OH excluding ortho intramolecular Hbond substituents is 1. The summed E-state index contributed by atoms with van der Waals surface area (Å²) in [6.07, 6.45) is 0.652. The average molecular weight is 310 g/mol. The lowest BCUT2D eigenvalue weighted by atomic mass is 10.0. The van der Waals surface area contributed by atoms with Crippen LogP contribution in [0, 0.1) is 0 Å². The molecule has 2 N–H and O–H groups in total. The van der Waals surface area contributed by atoms with Crippen molar-refractivity contribution in [1.82, 2.24) is 4.98 Å². The average Bonchev–Trinajstić information content (AvgIpc) is 2.84. The van der Waals surface area contributed by atoms with Crippen molar-refractivity contribution in [3.8, 4) is 11.5 Å². The van der Waals surface area contributed by atoms with Crippen LogP contribution in [0.5, 0.6) is 11.5 Å². The summed E-state index contributed by atoms with van der Waals surface area (Å²) >= 11 is 0. The van der Waals surface area contributed by atoms with Crippen LogP contribution in [0.4, 0.5) is 0 Å². The SMILES string of the molecule is CCc1cc(C(=O)Cc2[nH]c3ccccc3[n+]2C)c(O)cc1[O-]. The van der Waals surface area contributed by atoms with Crippen LogP contribution >= 0.6 is 0 Å². The molecule has 0 atom stereocenters. The molecule has 0 bridgehead atoms. The molecule has 2 aromatic carbocycles. The van der Waals surface area contributed by atoms with Gasteiger partial charge in [-0.05, 0) is 30.7 Å². The fraction of sp³-hybridized carbons (Fsp3) is 0.222. The number of nitrogens with zero attached hydrogens (tertiary/aromatic N) is 1. The summed E-state index contributed by atoms with van der Waals surface area (Å²) in [6, 6.07) is 10.4. The number of aromatic nitrogens is 2. The molecule has 1 heterocycles. The molecule has 0 amide bonds. The standard InChI is InChI=1S/C18H18N2O3/c1-3-11-8-12(16(22)9-15(11)21)17(23)10-18-19-13-6-4-5-7-14(13)20(18)2/h4-9H,3,10H2,1-2H3,(H2,21,22,23). The number of hydrogen-bond donors (Lipinski definition) is 2. The molecule has 0 aliphatic rings. The van der Waals surface area contributed by atoms with Gasteiger partial charge in [0.25, 0.3) is 5.82 Å². The van der Waals surface area contributed by atoms with Crippen molar-refractivity contribution in [3.63, 3.8) is 0 Å². The molecule has 0 saturated heterocycles. The largest absolute Gasteiger partial charge is 0.872 e. The molecule has 118 valence electrons. The van der Waals surface area contributed by atoms with Crippen molar-refractivity contribution < 1.29 is 19.6 Å². The van der Waals surface area contributed by atoms with Crippen LogP contribution < -0.4 is 9.67 Å². The highest BCUT2D eigenvalue weighted by molar-refractivity contribution is 6.00. The van der Waals surface area contributed by atoms with E-state index in [2.05, 4.69) is 4.98 Å². The van der Waals surface area contributed by atoms with Gasteiger partial charge >= 0.3 is 0 Å². The lowest BCUT2D eigenvalue weighted by Gasteiger charge is -2.14. The maximum absolute atomic E-state index is 12.5. The van der Waals surface area contributed by atoms with Gasteiger partial charge < -0.3 is 10.2 Å². The third kappa shape index (κ3) is 2.65. The van der Waals surface area contributed by atoms with E-state index in [-0.39, 0.29) is 29.3 Å². The van der Waals surface area contributed by atoms with Crippen LogP contribution in [0.15, 0.2) is 36.4 Å². The van der Waals surface area contributed by atoms with Crippen LogP contribution in [0.2, 0.25) is 0 Å². The van der Waals surface area contributed by atoms with Gasteiger partial charge in [0.15, 0.2) is 16.8 Å². The minimum atomic E-state index is -0.254. The fourth-order valence-corrected chi connectivity index (χ4v) is 2.78. The van der Waals surface area contributed by atoms with Crippen molar-refractivity contribution in [3.05, 3.63) is 53.3 Å². The molecule has 0 spiro atoms. The second-order valence-electron chi connectivity index (χ2n) is 5.58. The number of aromatic amines is 1. The van der Waals surface area contributed by atoms with Crippen LogP contribution in [-0.4, -0.2) is 15.9 Å². The Hall–Kier alpha value is -2.82. The number of carbonyl (C=O) groups is 1. The lowest BCUT2D eigenvalue weighted by Crippen LogP contribution is -2.33. The number of rotatable bonds is 4. The van der Waals surface area contributed by atoms with Gasteiger partial charge in [-0.15, -0.1) is 5.75 Å². The first kappa shape index (κ1) is 15.1. The quantitative estimate of drug-likeness (QED) is 0.569. The lowest BCUT2D eigenvalue weighted by molar-refractivity contribution is -0.652. The van der Waals surface area contributed by atoms with E-state index < -0.39 is 0 Å². The number of aryl methyl sites for hydroxylation is 2. The van der Waals surface area contributed by atoms with Gasteiger partial charge in [0.2, 0.25) is 0 Å². The normalized spacial score (nSPS) is 11.0. The first-order valence-electron chi connectivity index (χ1n) is 7.53. The number of hydrogen-bond acceptors (Lipinski definition) is 3.